The first-order valence-electron chi connectivity index (χ1n) is 7.11. The maximum Gasteiger partial charge on any atom is 0.254 e. The second-order valence-electron chi connectivity index (χ2n) is 5.11. The zero-order valence-corrected chi connectivity index (χ0v) is 15.8. The summed E-state index contributed by atoms with van der Waals surface area (Å²) in [6.45, 7) is 0.259. The van der Waals surface area contributed by atoms with E-state index < -0.39 is 17.8 Å². The highest BCUT2D eigenvalue weighted by atomic mass is 79.9. The molecule has 0 aliphatic heterocycles. The molecule has 134 valence electrons. The first-order chi connectivity index (χ1) is 11.4. The number of hydrogen-bond donors (Lipinski definition) is 3. The van der Waals surface area contributed by atoms with Crippen LogP contribution in [0.4, 0.5) is 4.39 Å². The lowest BCUT2D eigenvalue weighted by atomic mass is 10.1. The third-order valence-corrected chi connectivity index (χ3v) is 3.94. The van der Waals surface area contributed by atoms with Gasteiger partial charge in [0, 0.05) is 29.3 Å². The van der Waals surface area contributed by atoms with E-state index in [2.05, 4.69) is 21.2 Å². The third kappa shape index (κ3) is 5.52. The molecule has 0 bridgehead atoms. The molecule has 0 saturated carbocycles. The van der Waals surface area contributed by atoms with Gasteiger partial charge in [-0.15, -0.1) is 12.4 Å². The lowest BCUT2D eigenvalue weighted by molar-refractivity contribution is -0.131. The van der Waals surface area contributed by atoms with Crippen molar-refractivity contribution in [2.24, 2.45) is 5.73 Å². The predicted molar refractivity (Wildman–Crippen MR) is 100 cm³/mol. The summed E-state index contributed by atoms with van der Waals surface area (Å²) >= 11 is 3.18. The van der Waals surface area contributed by atoms with E-state index >= 15 is 0 Å². The molecule has 0 spiro atoms. The first-order valence-corrected chi connectivity index (χ1v) is 7.90. The van der Waals surface area contributed by atoms with Crippen LogP contribution in [0.2, 0.25) is 0 Å². The van der Waals surface area contributed by atoms with Gasteiger partial charge in [0.1, 0.15) is 11.7 Å². The Hall–Kier alpha value is -1.96. The zero-order valence-electron chi connectivity index (χ0n) is 13.4. The topological polar surface area (TPSA) is 88.2 Å². The maximum atomic E-state index is 14.0. The Balaban J connectivity index is 0.00000312. The van der Waals surface area contributed by atoms with Gasteiger partial charge in [0.05, 0.1) is 0 Å². The number of methoxy groups -OCH3 is 1. The number of amidine groups is 1. The number of halogens is 3. The van der Waals surface area contributed by atoms with Gasteiger partial charge in [-0.05, 0) is 17.7 Å². The normalized spacial score (nSPS) is 11.3. The van der Waals surface area contributed by atoms with Gasteiger partial charge in [-0.1, -0.05) is 46.3 Å². The van der Waals surface area contributed by atoms with Crippen LogP contribution in [0.25, 0.3) is 0 Å². The van der Waals surface area contributed by atoms with Gasteiger partial charge in [0.25, 0.3) is 5.91 Å². The molecule has 0 unspecified atom stereocenters. The molecule has 25 heavy (non-hydrogen) atoms. The number of amides is 1. The minimum atomic E-state index is -1.03. The van der Waals surface area contributed by atoms with Gasteiger partial charge in [-0.2, -0.15) is 0 Å². The van der Waals surface area contributed by atoms with Crippen molar-refractivity contribution in [2.45, 2.75) is 12.6 Å². The third-order valence-electron chi connectivity index (χ3n) is 3.45. The van der Waals surface area contributed by atoms with Crippen molar-refractivity contribution in [2.75, 3.05) is 7.11 Å². The molecule has 0 aliphatic carbocycles. The van der Waals surface area contributed by atoms with Gasteiger partial charge in [-0.3, -0.25) is 10.2 Å². The second kappa shape index (κ2) is 9.50. The van der Waals surface area contributed by atoms with E-state index in [0.29, 0.717) is 10.0 Å². The number of carbonyl (C=O) groups is 1. The average molecular weight is 431 g/mol. The molecule has 0 aromatic heterocycles. The molecular formula is C17H18BrClFN3O2. The highest BCUT2D eigenvalue weighted by Gasteiger charge is 2.23. The minimum Gasteiger partial charge on any atom is -0.384 e. The molecule has 5 nitrogen and oxygen atoms in total. The zero-order chi connectivity index (χ0) is 17.7. The summed E-state index contributed by atoms with van der Waals surface area (Å²) in [7, 11) is 1.35. The number of ether oxygens (including phenoxy) is 1. The van der Waals surface area contributed by atoms with Crippen molar-refractivity contribution in [3.63, 3.8) is 0 Å². The number of carbonyl (C=O) groups excluding carboxylic acids is 1. The summed E-state index contributed by atoms with van der Waals surface area (Å²) in [6, 6.07) is 11.4. The molecule has 1 atom stereocenters. The number of nitrogens with one attached hydrogen (secondary N) is 2. The van der Waals surface area contributed by atoms with Gasteiger partial charge >= 0.3 is 0 Å². The Morgan fingerprint density at radius 3 is 2.48 bits per heavy atom. The van der Waals surface area contributed by atoms with Crippen LogP contribution in [-0.4, -0.2) is 18.9 Å². The lowest BCUT2D eigenvalue weighted by Crippen LogP contribution is -2.30. The standard InChI is InChI=1S/C17H17BrFN3O2.ClH/c1-24-15(13-7-6-12(18)8-14(13)19)17(23)22-9-10-2-4-11(5-3-10)16(20)21;/h2-8,15H,9H2,1H3,(H3,20,21)(H,22,23);1H/t15-;/m0./s1. The van der Waals surface area contributed by atoms with Crippen molar-refractivity contribution < 1.29 is 13.9 Å². The van der Waals surface area contributed by atoms with Crippen LogP contribution >= 0.6 is 28.3 Å². The number of rotatable bonds is 6. The van der Waals surface area contributed by atoms with Crippen LogP contribution in [0.15, 0.2) is 46.9 Å². The highest BCUT2D eigenvalue weighted by molar-refractivity contribution is 9.10. The Labute approximate surface area is 159 Å². The van der Waals surface area contributed by atoms with Crippen molar-refractivity contribution in [1.29, 1.82) is 5.41 Å². The van der Waals surface area contributed by atoms with E-state index in [-0.39, 0.29) is 30.4 Å². The van der Waals surface area contributed by atoms with Gasteiger partial charge in [0.2, 0.25) is 0 Å². The SMILES string of the molecule is CO[C@H](C(=O)NCc1ccc(C(=N)N)cc1)c1ccc(Br)cc1F.Cl. The van der Waals surface area contributed by atoms with Crippen molar-refractivity contribution in [1.82, 2.24) is 5.32 Å². The van der Waals surface area contributed by atoms with Crippen LogP contribution < -0.4 is 11.1 Å². The van der Waals surface area contributed by atoms with Crippen LogP contribution in [-0.2, 0) is 16.1 Å². The molecule has 2 aromatic rings. The van der Waals surface area contributed by atoms with Crippen molar-refractivity contribution in [3.8, 4) is 0 Å². The maximum absolute atomic E-state index is 14.0. The molecular weight excluding hydrogens is 413 g/mol. The van der Waals surface area contributed by atoms with Gasteiger partial charge in [-0.25, -0.2) is 4.39 Å². The fraction of sp³-hybridized carbons (Fsp3) is 0.176. The van der Waals surface area contributed by atoms with E-state index in [9.17, 15) is 9.18 Å². The monoisotopic (exact) mass is 429 g/mol. The Bertz CT molecular complexity index is 756. The highest BCUT2D eigenvalue weighted by Crippen LogP contribution is 2.23. The van der Waals surface area contributed by atoms with E-state index in [4.69, 9.17) is 15.9 Å². The molecule has 8 heteroatoms. The summed E-state index contributed by atoms with van der Waals surface area (Å²) in [6.07, 6.45) is -1.03. The van der Waals surface area contributed by atoms with E-state index in [1.54, 1.807) is 30.3 Å². The van der Waals surface area contributed by atoms with Gasteiger partial charge in [0.15, 0.2) is 6.10 Å². The average Bonchev–Trinajstić information content (AvgIpc) is 2.55. The van der Waals surface area contributed by atoms with E-state index in [0.717, 1.165) is 5.56 Å². The predicted octanol–water partition coefficient (Wildman–Crippen LogP) is 3.30. The number of nitrogens with two attached hydrogens (primary N) is 1. The molecule has 2 rings (SSSR count). The lowest BCUT2D eigenvalue weighted by Gasteiger charge is -2.16. The van der Waals surface area contributed by atoms with E-state index in [1.807, 2.05) is 0 Å². The molecule has 2 aromatic carbocycles. The Kier molecular flexibility index (Phi) is 8.02. The molecule has 0 fully saturated rings. The van der Waals surface area contributed by atoms with Gasteiger partial charge < -0.3 is 15.8 Å². The fourth-order valence-corrected chi connectivity index (χ4v) is 2.51. The number of hydrogen-bond acceptors (Lipinski definition) is 3. The Morgan fingerprint density at radius 2 is 1.96 bits per heavy atom. The van der Waals surface area contributed by atoms with Crippen molar-refractivity contribution >= 4 is 40.1 Å². The molecule has 4 N–H and O–H groups in total. The molecule has 0 saturated heterocycles. The van der Waals surface area contributed by atoms with Crippen LogP contribution in [0.5, 0.6) is 0 Å². The summed E-state index contributed by atoms with van der Waals surface area (Å²) in [4.78, 5) is 12.3. The van der Waals surface area contributed by atoms with Crippen LogP contribution in [0, 0.1) is 11.2 Å². The quantitative estimate of drug-likeness (QED) is 0.485. The first kappa shape index (κ1) is 21.1. The Morgan fingerprint density at radius 1 is 1.32 bits per heavy atom. The fourth-order valence-electron chi connectivity index (χ4n) is 2.17. The van der Waals surface area contributed by atoms with E-state index in [1.165, 1.54) is 19.2 Å². The summed E-state index contributed by atoms with van der Waals surface area (Å²) in [5, 5.41) is 10.1. The minimum absolute atomic E-state index is 0. The molecule has 0 radical (unpaired) electrons. The second-order valence-corrected chi connectivity index (χ2v) is 6.03. The smallest absolute Gasteiger partial charge is 0.254 e. The van der Waals surface area contributed by atoms with Crippen LogP contribution in [0.3, 0.4) is 0 Å². The summed E-state index contributed by atoms with van der Waals surface area (Å²) in [5.41, 5.74) is 7.00. The molecule has 1 amide bonds. The largest absolute Gasteiger partial charge is 0.384 e. The number of benzene rings is 2. The molecule has 0 aliphatic rings. The summed E-state index contributed by atoms with van der Waals surface area (Å²) < 4.78 is 19.7. The number of nitrogen functional groups attached to an aromatic ring is 1. The summed E-state index contributed by atoms with van der Waals surface area (Å²) in [5.74, 6) is -0.970. The van der Waals surface area contributed by atoms with Crippen molar-refractivity contribution in [3.05, 3.63) is 69.4 Å². The van der Waals surface area contributed by atoms with Crippen LogP contribution in [0.1, 0.15) is 22.8 Å². The molecule has 0 heterocycles.